The predicted molar refractivity (Wildman–Crippen MR) is 131 cm³/mol. The molecule has 1 aliphatic carbocycles. The summed E-state index contributed by atoms with van der Waals surface area (Å²) in [5, 5.41) is 8.44. The van der Waals surface area contributed by atoms with Crippen molar-refractivity contribution in [3.05, 3.63) is 72.0 Å². The minimum atomic E-state index is -3.76. The third-order valence-corrected chi connectivity index (χ3v) is 6.96. The van der Waals surface area contributed by atoms with E-state index < -0.39 is 10.0 Å². The number of rotatable bonds is 7. The van der Waals surface area contributed by atoms with Crippen LogP contribution in [0.4, 0.5) is 10.3 Å². The Morgan fingerprint density at radius 2 is 1.71 bits per heavy atom. The van der Waals surface area contributed by atoms with Crippen molar-refractivity contribution >= 4 is 27.0 Å². The lowest BCUT2D eigenvalue weighted by Gasteiger charge is -2.26. The van der Waals surface area contributed by atoms with Crippen molar-refractivity contribution in [1.82, 2.24) is 15.0 Å². The Labute approximate surface area is 202 Å². The smallest absolute Gasteiger partial charge is 0.245 e. The van der Waals surface area contributed by atoms with Gasteiger partial charge in [-0.3, -0.25) is 0 Å². The van der Waals surface area contributed by atoms with Gasteiger partial charge in [-0.05, 0) is 80.3 Å². The van der Waals surface area contributed by atoms with E-state index in [0.717, 1.165) is 30.4 Å². The van der Waals surface area contributed by atoms with E-state index in [1.807, 2.05) is 19.1 Å². The van der Waals surface area contributed by atoms with Crippen LogP contribution in [-0.2, 0) is 10.0 Å². The number of primary sulfonamides is 1. The van der Waals surface area contributed by atoms with Crippen molar-refractivity contribution in [2.24, 2.45) is 5.14 Å². The second kappa shape index (κ2) is 9.20. The molecule has 2 aromatic heterocycles. The Hall–Kier alpha value is -3.63. The predicted octanol–water partition coefficient (Wildman–Crippen LogP) is 4.58. The third kappa shape index (κ3) is 5.08. The van der Waals surface area contributed by atoms with E-state index in [4.69, 9.17) is 14.9 Å². The van der Waals surface area contributed by atoms with Crippen molar-refractivity contribution in [2.75, 3.05) is 5.32 Å². The lowest BCUT2D eigenvalue weighted by Crippen LogP contribution is -2.25. The van der Waals surface area contributed by atoms with E-state index in [0.29, 0.717) is 28.6 Å². The highest BCUT2D eigenvalue weighted by atomic mass is 32.2. The summed E-state index contributed by atoms with van der Waals surface area (Å²) in [5.74, 6) is 0.449. The van der Waals surface area contributed by atoms with Crippen molar-refractivity contribution < 1.29 is 17.5 Å². The van der Waals surface area contributed by atoms with Crippen LogP contribution >= 0.6 is 0 Å². The topological polar surface area (TPSA) is 120 Å². The maximum Gasteiger partial charge on any atom is 0.245 e. The quantitative estimate of drug-likeness (QED) is 0.386. The number of halogens is 1. The average molecular weight is 494 g/mol. The summed E-state index contributed by atoms with van der Waals surface area (Å²) >= 11 is 0. The Kier molecular flexibility index (Phi) is 6.08. The number of ether oxygens (including phenoxy) is 1. The second-order valence-electron chi connectivity index (χ2n) is 8.57. The van der Waals surface area contributed by atoms with Gasteiger partial charge in [0.15, 0.2) is 5.52 Å². The van der Waals surface area contributed by atoms with Crippen molar-refractivity contribution in [2.45, 2.75) is 43.2 Å². The fourth-order valence-electron chi connectivity index (χ4n) is 3.79. The van der Waals surface area contributed by atoms with Crippen LogP contribution in [0.15, 0.2) is 65.6 Å². The zero-order chi connectivity index (χ0) is 24.6. The summed E-state index contributed by atoms with van der Waals surface area (Å²) in [7, 11) is -3.76. The number of nitrogens with zero attached hydrogens (tertiary/aromatic N) is 3. The summed E-state index contributed by atoms with van der Waals surface area (Å²) in [6.07, 6.45) is 3.11. The Morgan fingerprint density at radius 1 is 1.00 bits per heavy atom. The van der Waals surface area contributed by atoms with Crippen LogP contribution in [0.25, 0.3) is 22.3 Å². The van der Waals surface area contributed by atoms with Crippen LogP contribution in [0, 0.1) is 5.82 Å². The van der Waals surface area contributed by atoms with Gasteiger partial charge in [0, 0.05) is 5.56 Å². The lowest BCUT2D eigenvalue weighted by molar-refractivity contribution is 0.116. The van der Waals surface area contributed by atoms with E-state index >= 15 is 0 Å². The second-order valence-corrected chi connectivity index (χ2v) is 10.1. The van der Waals surface area contributed by atoms with Gasteiger partial charge in [0.1, 0.15) is 11.9 Å². The van der Waals surface area contributed by atoms with Gasteiger partial charge in [-0.2, -0.15) is 4.98 Å². The molecule has 4 aromatic rings. The first-order chi connectivity index (χ1) is 16.8. The number of sulfonamides is 1. The highest BCUT2D eigenvalue weighted by Crippen LogP contribution is 2.31. The van der Waals surface area contributed by atoms with Gasteiger partial charge >= 0.3 is 0 Å². The summed E-state index contributed by atoms with van der Waals surface area (Å²) < 4.78 is 42.6. The number of fused-ring (bicyclic) bond motifs is 1. The first kappa shape index (κ1) is 23.1. The van der Waals surface area contributed by atoms with E-state index in [2.05, 4.69) is 15.3 Å². The molecule has 1 saturated carbocycles. The number of nitrogens with one attached hydrogen (secondary N) is 1. The van der Waals surface area contributed by atoms with Gasteiger partial charge in [-0.1, -0.05) is 12.1 Å². The van der Waals surface area contributed by atoms with Gasteiger partial charge in [-0.15, -0.1) is 0 Å². The molecule has 0 spiro atoms. The maximum atomic E-state index is 13.4. The van der Waals surface area contributed by atoms with Crippen LogP contribution < -0.4 is 15.2 Å². The standard InChI is InChI=1S/C25H24FN5O3S/c1-15(16-7-11-20(12-8-16)35(27,32)33)28-25-30-22-14-13-21(17-5-9-18(26)10-6-17)29-23(22)24(31-25)34-19-3-2-4-19/h5-15,19H,2-4H2,1H3,(H2,27,32,33)(H,28,30,31). The Morgan fingerprint density at radius 3 is 2.34 bits per heavy atom. The van der Waals surface area contributed by atoms with E-state index in [1.165, 1.54) is 24.3 Å². The fourth-order valence-corrected chi connectivity index (χ4v) is 4.30. The SMILES string of the molecule is CC(Nc1nc(OC2CCC2)c2nc(-c3ccc(F)cc3)ccc2n1)c1ccc(S(N)(=O)=O)cc1. The molecule has 8 nitrogen and oxygen atoms in total. The van der Waals surface area contributed by atoms with Crippen LogP contribution in [0.2, 0.25) is 0 Å². The zero-order valence-corrected chi connectivity index (χ0v) is 19.8. The molecule has 1 atom stereocenters. The molecule has 2 aromatic carbocycles. The van der Waals surface area contributed by atoms with Gasteiger partial charge in [0.2, 0.25) is 21.9 Å². The zero-order valence-electron chi connectivity index (χ0n) is 19.0. The highest BCUT2D eigenvalue weighted by Gasteiger charge is 2.23. The van der Waals surface area contributed by atoms with E-state index in [1.54, 1.807) is 24.3 Å². The molecular weight excluding hydrogens is 469 g/mol. The summed E-state index contributed by atoms with van der Waals surface area (Å²) in [6.45, 7) is 1.92. The summed E-state index contributed by atoms with van der Waals surface area (Å²) in [6, 6.07) is 15.9. The molecule has 1 aliphatic rings. The van der Waals surface area contributed by atoms with Crippen molar-refractivity contribution in [3.8, 4) is 17.1 Å². The number of pyridine rings is 1. The number of benzene rings is 2. The van der Waals surface area contributed by atoms with Gasteiger partial charge < -0.3 is 10.1 Å². The molecule has 10 heteroatoms. The minimum absolute atomic E-state index is 0.0506. The van der Waals surface area contributed by atoms with Gasteiger partial charge in [0.05, 0.1) is 22.1 Å². The molecule has 0 amide bonds. The van der Waals surface area contributed by atoms with Crippen LogP contribution in [-0.4, -0.2) is 29.5 Å². The molecule has 3 N–H and O–H groups in total. The molecule has 5 rings (SSSR count). The number of aromatic nitrogens is 3. The molecule has 35 heavy (non-hydrogen) atoms. The molecule has 0 bridgehead atoms. The Balaban J connectivity index is 1.47. The number of anilines is 1. The molecular formula is C25H24FN5O3S. The van der Waals surface area contributed by atoms with Crippen molar-refractivity contribution in [1.29, 1.82) is 0 Å². The van der Waals surface area contributed by atoms with E-state index in [9.17, 15) is 12.8 Å². The fraction of sp³-hybridized carbons (Fsp3) is 0.240. The van der Waals surface area contributed by atoms with Crippen LogP contribution in [0.5, 0.6) is 5.88 Å². The third-order valence-electron chi connectivity index (χ3n) is 6.04. The van der Waals surface area contributed by atoms with Crippen LogP contribution in [0.1, 0.15) is 37.8 Å². The molecule has 1 unspecified atom stereocenters. The lowest BCUT2D eigenvalue weighted by atomic mass is 9.96. The summed E-state index contributed by atoms with van der Waals surface area (Å²) in [5.41, 5.74) is 3.44. The number of hydrogen-bond donors (Lipinski definition) is 2. The average Bonchev–Trinajstić information content (AvgIpc) is 2.81. The summed E-state index contributed by atoms with van der Waals surface area (Å²) in [4.78, 5) is 14.0. The van der Waals surface area contributed by atoms with Gasteiger partial charge in [-0.25, -0.2) is 27.9 Å². The van der Waals surface area contributed by atoms with Crippen molar-refractivity contribution in [3.63, 3.8) is 0 Å². The first-order valence-corrected chi connectivity index (χ1v) is 12.8. The molecule has 0 saturated heterocycles. The molecule has 1 fully saturated rings. The normalized spacial score (nSPS) is 14.9. The highest BCUT2D eigenvalue weighted by molar-refractivity contribution is 7.89. The molecule has 0 radical (unpaired) electrons. The Bertz CT molecular complexity index is 1470. The molecule has 0 aliphatic heterocycles. The first-order valence-electron chi connectivity index (χ1n) is 11.3. The number of nitrogens with two attached hydrogens (primary N) is 1. The number of hydrogen-bond acceptors (Lipinski definition) is 7. The molecule has 2 heterocycles. The monoisotopic (exact) mass is 493 g/mol. The van der Waals surface area contributed by atoms with Crippen LogP contribution in [0.3, 0.4) is 0 Å². The molecule has 180 valence electrons. The largest absolute Gasteiger partial charge is 0.473 e. The van der Waals surface area contributed by atoms with Gasteiger partial charge in [0.25, 0.3) is 0 Å². The maximum absolute atomic E-state index is 13.4. The van der Waals surface area contributed by atoms with E-state index in [-0.39, 0.29) is 22.9 Å². The minimum Gasteiger partial charge on any atom is -0.473 e.